The highest BCUT2D eigenvalue weighted by Gasteiger charge is 2.28. The Morgan fingerprint density at radius 1 is 0.960 bits per heavy atom. The molecule has 25 heavy (non-hydrogen) atoms. The molecule has 0 fully saturated rings. The van der Waals surface area contributed by atoms with Crippen LogP contribution in [0.4, 0.5) is 0 Å². The number of esters is 1. The van der Waals surface area contributed by atoms with Gasteiger partial charge in [0, 0.05) is 17.7 Å². The summed E-state index contributed by atoms with van der Waals surface area (Å²) in [6, 6.07) is 5.08. The number of carboxylic acids is 1. The molecule has 0 bridgehead atoms. The van der Waals surface area contributed by atoms with Crippen LogP contribution in [0.2, 0.25) is 0 Å². The summed E-state index contributed by atoms with van der Waals surface area (Å²) in [4.78, 5) is 23.3. The van der Waals surface area contributed by atoms with Crippen LogP contribution in [0.1, 0.15) is 22.0 Å². The standard InChI is InChI=1S/C16H14O9/c1-24-16(23)14(7-2-3-9(18)10(19)4-7)25-12-6-8(17)5-11(20)13(12)15(21)22/h2-6,14,17-20H,1H3,(H,21,22). The summed E-state index contributed by atoms with van der Waals surface area (Å²) < 4.78 is 9.92. The Kier molecular flexibility index (Phi) is 4.87. The summed E-state index contributed by atoms with van der Waals surface area (Å²) in [6.45, 7) is 0. The van der Waals surface area contributed by atoms with E-state index in [4.69, 9.17) is 4.74 Å². The molecule has 0 radical (unpaired) electrons. The number of methoxy groups -OCH3 is 1. The zero-order valence-electron chi connectivity index (χ0n) is 12.8. The van der Waals surface area contributed by atoms with E-state index in [2.05, 4.69) is 4.74 Å². The second-order valence-corrected chi connectivity index (χ2v) is 4.91. The highest BCUT2D eigenvalue weighted by Crippen LogP contribution is 2.37. The minimum absolute atomic E-state index is 0.0429. The van der Waals surface area contributed by atoms with Crippen LogP contribution in [0, 0.1) is 0 Å². The van der Waals surface area contributed by atoms with Crippen molar-refractivity contribution in [3.63, 3.8) is 0 Å². The maximum atomic E-state index is 12.0. The fourth-order valence-corrected chi connectivity index (χ4v) is 2.08. The third-order valence-corrected chi connectivity index (χ3v) is 3.24. The highest BCUT2D eigenvalue weighted by atomic mass is 16.6. The number of hydrogen-bond acceptors (Lipinski definition) is 8. The maximum absolute atomic E-state index is 12.0. The Morgan fingerprint density at radius 3 is 2.20 bits per heavy atom. The molecule has 1 unspecified atom stereocenters. The van der Waals surface area contributed by atoms with Crippen molar-refractivity contribution in [2.24, 2.45) is 0 Å². The predicted molar refractivity (Wildman–Crippen MR) is 81.9 cm³/mol. The van der Waals surface area contributed by atoms with Crippen molar-refractivity contribution in [1.82, 2.24) is 0 Å². The lowest BCUT2D eigenvalue weighted by molar-refractivity contribution is -0.149. The summed E-state index contributed by atoms with van der Waals surface area (Å²) in [5.41, 5.74) is -0.629. The van der Waals surface area contributed by atoms with E-state index in [0.29, 0.717) is 0 Å². The SMILES string of the molecule is COC(=O)C(Oc1cc(O)cc(O)c1C(=O)O)c1ccc(O)c(O)c1. The van der Waals surface area contributed by atoms with Crippen LogP contribution >= 0.6 is 0 Å². The molecular weight excluding hydrogens is 336 g/mol. The zero-order valence-corrected chi connectivity index (χ0v) is 12.8. The summed E-state index contributed by atoms with van der Waals surface area (Å²) in [7, 11) is 1.07. The number of phenolic OH excluding ortho intramolecular Hbond substituents is 3. The van der Waals surface area contributed by atoms with E-state index in [1.54, 1.807) is 0 Å². The third kappa shape index (κ3) is 3.66. The van der Waals surface area contributed by atoms with Crippen LogP contribution in [0.15, 0.2) is 30.3 Å². The van der Waals surface area contributed by atoms with Crippen molar-refractivity contribution in [1.29, 1.82) is 0 Å². The first-order valence-corrected chi connectivity index (χ1v) is 6.80. The third-order valence-electron chi connectivity index (χ3n) is 3.24. The molecule has 0 spiro atoms. The van der Waals surface area contributed by atoms with E-state index in [1.807, 2.05) is 0 Å². The van der Waals surface area contributed by atoms with Crippen molar-refractivity contribution in [2.45, 2.75) is 6.10 Å². The van der Waals surface area contributed by atoms with E-state index >= 15 is 0 Å². The molecule has 5 N–H and O–H groups in total. The molecule has 9 heteroatoms. The average Bonchev–Trinajstić information content (AvgIpc) is 2.53. The van der Waals surface area contributed by atoms with Gasteiger partial charge < -0.3 is 35.0 Å². The second-order valence-electron chi connectivity index (χ2n) is 4.91. The topological polar surface area (TPSA) is 154 Å². The van der Waals surface area contributed by atoms with Gasteiger partial charge in [-0.2, -0.15) is 0 Å². The van der Waals surface area contributed by atoms with Crippen LogP contribution < -0.4 is 4.74 Å². The molecule has 2 rings (SSSR count). The number of rotatable bonds is 5. The molecule has 2 aromatic rings. The molecule has 0 saturated heterocycles. The van der Waals surface area contributed by atoms with Gasteiger partial charge >= 0.3 is 11.9 Å². The molecule has 0 heterocycles. The first-order chi connectivity index (χ1) is 11.7. The number of ether oxygens (including phenoxy) is 2. The summed E-state index contributed by atoms with van der Waals surface area (Å²) in [5.74, 6) is -5.21. The van der Waals surface area contributed by atoms with Crippen LogP contribution in [-0.4, -0.2) is 44.6 Å². The second kappa shape index (κ2) is 6.87. The quantitative estimate of drug-likeness (QED) is 0.398. The van der Waals surface area contributed by atoms with Gasteiger partial charge in [0.1, 0.15) is 22.8 Å². The molecule has 0 saturated carbocycles. The van der Waals surface area contributed by atoms with Gasteiger partial charge in [-0.05, 0) is 12.1 Å². The van der Waals surface area contributed by atoms with E-state index in [9.17, 15) is 35.1 Å². The normalized spacial score (nSPS) is 11.6. The predicted octanol–water partition coefficient (Wildman–Crippen LogP) is 1.50. The van der Waals surface area contributed by atoms with Crippen molar-refractivity contribution in [2.75, 3.05) is 7.11 Å². The number of carboxylic acid groups (broad SMARTS) is 1. The first-order valence-electron chi connectivity index (χ1n) is 6.80. The van der Waals surface area contributed by atoms with Crippen LogP contribution in [0.25, 0.3) is 0 Å². The molecule has 1 atom stereocenters. The van der Waals surface area contributed by atoms with Gasteiger partial charge in [0.2, 0.25) is 6.10 Å². The van der Waals surface area contributed by atoms with Crippen molar-refractivity contribution in [3.05, 3.63) is 41.5 Å². The van der Waals surface area contributed by atoms with Gasteiger partial charge in [-0.25, -0.2) is 9.59 Å². The lowest BCUT2D eigenvalue weighted by atomic mass is 10.1. The van der Waals surface area contributed by atoms with Gasteiger partial charge in [-0.15, -0.1) is 0 Å². The maximum Gasteiger partial charge on any atom is 0.351 e. The molecule has 0 amide bonds. The van der Waals surface area contributed by atoms with Crippen LogP contribution in [0.3, 0.4) is 0 Å². The fraction of sp³-hybridized carbons (Fsp3) is 0.125. The number of aromatic hydroxyl groups is 4. The zero-order chi connectivity index (χ0) is 18.7. The first kappa shape index (κ1) is 17.7. The van der Waals surface area contributed by atoms with Gasteiger partial charge in [-0.1, -0.05) is 6.07 Å². The lowest BCUT2D eigenvalue weighted by Gasteiger charge is -2.19. The molecule has 0 aliphatic carbocycles. The Morgan fingerprint density at radius 2 is 1.64 bits per heavy atom. The van der Waals surface area contributed by atoms with Crippen molar-refractivity contribution < 1.29 is 44.6 Å². The Balaban J connectivity index is 2.53. The molecule has 0 aromatic heterocycles. The average molecular weight is 350 g/mol. The molecule has 132 valence electrons. The van der Waals surface area contributed by atoms with Crippen LogP contribution in [0.5, 0.6) is 28.7 Å². The largest absolute Gasteiger partial charge is 0.508 e. The fourth-order valence-electron chi connectivity index (χ4n) is 2.08. The van der Waals surface area contributed by atoms with Gasteiger partial charge in [0.05, 0.1) is 7.11 Å². The Hall–Kier alpha value is -3.62. The number of carbonyl (C=O) groups is 2. The summed E-state index contributed by atoms with van der Waals surface area (Å²) in [6.07, 6.45) is -1.53. The number of carbonyl (C=O) groups excluding carboxylic acids is 1. The van der Waals surface area contributed by atoms with Gasteiger partial charge in [0.25, 0.3) is 0 Å². The molecule has 0 aliphatic heterocycles. The van der Waals surface area contributed by atoms with Gasteiger partial charge in [-0.3, -0.25) is 0 Å². The summed E-state index contributed by atoms with van der Waals surface area (Å²) >= 11 is 0. The molecule has 2 aromatic carbocycles. The smallest absolute Gasteiger partial charge is 0.351 e. The number of benzene rings is 2. The number of hydrogen-bond donors (Lipinski definition) is 5. The summed E-state index contributed by atoms with van der Waals surface area (Å²) in [5, 5.41) is 47.3. The van der Waals surface area contributed by atoms with E-state index < -0.39 is 52.4 Å². The minimum Gasteiger partial charge on any atom is -0.508 e. The monoisotopic (exact) mass is 350 g/mol. The number of aromatic carboxylic acids is 1. The van der Waals surface area contributed by atoms with Gasteiger partial charge in [0.15, 0.2) is 11.5 Å². The van der Waals surface area contributed by atoms with E-state index in [0.717, 1.165) is 31.4 Å². The molecule has 9 nitrogen and oxygen atoms in total. The van der Waals surface area contributed by atoms with E-state index in [1.165, 1.54) is 6.07 Å². The Labute approximate surface area is 140 Å². The Bertz CT molecular complexity index is 829. The molecule has 0 aliphatic rings. The van der Waals surface area contributed by atoms with Crippen molar-refractivity contribution >= 4 is 11.9 Å². The lowest BCUT2D eigenvalue weighted by Crippen LogP contribution is -2.21. The molecular formula is C16H14O9. The van der Waals surface area contributed by atoms with E-state index in [-0.39, 0.29) is 5.56 Å². The minimum atomic E-state index is -1.55. The van der Waals surface area contributed by atoms with Crippen LogP contribution in [-0.2, 0) is 9.53 Å². The highest BCUT2D eigenvalue weighted by molar-refractivity contribution is 5.94. The number of phenols is 4. The van der Waals surface area contributed by atoms with Crippen molar-refractivity contribution in [3.8, 4) is 28.7 Å².